The molecule has 66 valence electrons. The third-order valence-corrected chi connectivity index (χ3v) is 2.43. The standard InChI is InChI=1S/C9H11BrFN/c10-9-5-7(3-4-12)1-2-8(9)6-11/h1-2,5H,3-4,6,12H2. The molecule has 0 unspecified atom stereocenters. The van der Waals surface area contributed by atoms with Crippen LogP contribution in [-0.2, 0) is 13.1 Å². The molecule has 1 aromatic rings. The maximum atomic E-state index is 12.2. The molecule has 12 heavy (non-hydrogen) atoms. The molecule has 0 heterocycles. The molecule has 0 saturated carbocycles. The lowest BCUT2D eigenvalue weighted by atomic mass is 10.1. The molecule has 0 aliphatic heterocycles. The molecule has 0 aromatic heterocycles. The summed E-state index contributed by atoms with van der Waals surface area (Å²) in [6, 6.07) is 5.61. The molecular weight excluding hydrogens is 221 g/mol. The van der Waals surface area contributed by atoms with E-state index in [2.05, 4.69) is 15.9 Å². The molecule has 3 heteroatoms. The predicted octanol–water partition coefficient (Wildman–Crippen LogP) is 2.42. The van der Waals surface area contributed by atoms with Crippen LogP contribution in [0.3, 0.4) is 0 Å². The fourth-order valence-corrected chi connectivity index (χ4v) is 1.55. The van der Waals surface area contributed by atoms with Gasteiger partial charge in [0.05, 0.1) is 0 Å². The summed E-state index contributed by atoms with van der Waals surface area (Å²) in [5.74, 6) is 0. The van der Waals surface area contributed by atoms with Gasteiger partial charge in [0.1, 0.15) is 6.67 Å². The van der Waals surface area contributed by atoms with Crippen molar-refractivity contribution in [3.05, 3.63) is 33.8 Å². The van der Waals surface area contributed by atoms with Crippen LogP contribution in [-0.4, -0.2) is 6.54 Å². The summed E-state index contributed by atoms with van der Waals surface area (Å²) in [5.41, 5.74) is 7.22. The topological polar surface area (TPSA) is 26.0 Å². The van der Waals surface area contributed by atoms with Crippen LogP contribution >= 0.6 is 15.9 Å². The van der Waals surface area contributed by atoms with Gasteiger partial charge in [-0.2, -0.15) is 0 Å². The Hall–Kier alpha value is -0.410. The van der Waals surface area contributed by atoms with E-state index < -0.39 is 6.67 Å². The number of hydrogen-bond acceptors (Lipinski definition) is 1. The highest BCUT2D eigenvalue weighted by atomic mass is 79.9. The second-order valence-corrected chi connectivity index (χ2v) is 3.45. The second kappa shape index (κ2) is 4.58. The molecule has 0 aliphatic carbocycles. The molecule has 0 saturated heterocycles. The quantitative estimate of drug-likeness (QED) is 0.850. The van der Waals surface area contributed by atoms with Gasteiger partial charge >= 0.3 is 0 Å². The number of alkyl halides is 1. The van der Waals surface area contributed by atoms with Crippen molar-refractivity contribution in [1.29, 1.82) is 0 Å². The Morgan fingerprint density at radius 2 is 2.17 bits per heavy atom. The van der Waals surface area contributed by atoms with Crippen LogP contribution in [0.15, 0.2) is 22.7 Å². The number of rotatable bonds is 3. The molecule has 0 atom stereocenters. The summed E-state index contributed by atoms with van der Waals surface area (Å²) in [5, 5.41) is 0. The first-order valence-electron chi connectivity index (χ1n) is 3.81. The highest BCUT2D eigenvalue weighted by Gasteiger charge is 1.99. The van der Waals surface area contributed by atoms with E-state index in [0.717, 1.165) is 16.5 Å². The van der Waals surface area contributed by atoms with Gasteiger partial charge in [-0.1, -0.05) is 28.1 Å². The Morgan fingerprint density at radius 3 is 2.67 bits per heavy atom. The summed E-state index contributed by atoms with van der Waals surface area (Å²) in [6.45, 7) is 0.199. The Bertz CT molecular complexity index is 263. The minimum atomic E-state index is -0.427. The van der Waals surface area contributed by atoms with E-state index in [9.17, 15) is 4.39 Å². The lowest BCUT2D eigenvalue weighted by Gasteiger charge is -2.02. The second-order valence-electron chi connectivity index (χ2n) is 2.60. The van der Waals surface area contributed by atoms with Gasteiger partial charge < -0.3 is 5.73 Å². The van der Waals surface area contributed by atoms with E-state index in [0.29, 0.717) is 12.1 Å². The number of benzene rings is 1. The van der Waals surface area contributed by atoms with Crippen molar-refractivity contribution in [1.82, 2.24) is 0 Å². The van der Waals surface area contributed by atoms with Crippen molar-refractivity contribution >= 4 is 15.9 Å². The molecule has 1 nitrogen and oxygen atoms in total. The normalized spacial score (nSPS) is 10.2. The van der Waals surface area contributed by atoms with E-state index in [4.69, 9.17) is 5.73 Å². The van der Waals surface area contributed by atoms with Crippen molar-refractivity contribution in [3.8, 4) is 0 Å². The van der Waals surface area contributed by atoms with E-state index in [1.54, 1.807) is 6.07 Å². The summed E-state index contributed by atoms with van der Waals surface area (Å²) in [7, 11) is 0. The molecule has 0 bridgehead atoms. The van der Waals surface area contributed by atoms with Crippen LogP contribution in [0, 0.1) is 0 Å². The summed E-state index contributed by atoms with van der Waals surface area (Å²) < 4.78 is 13.1. The average molecular weight is 232 g/mol. The van der Waals surface area contributed by atoms with Crippen LogP contribution < -0.4 is 5.73 Å². The Morgan fingerprint density at radius 1 is 1.42 bits per heavy atom. The Kier molecular flexibility index (Phi) is 3.69. The molecule has 0 aliphatic rings. The summed E-state index contributed by atoms with van der Waals surface area (Å²) in [4.78, 5) is 0. The van der Waals surface area contributed by atoms with E-state index in [1.807, 2.05) is 12.1 Å². The molecule has 0 fully saturated rings. The zero-order valence-corrected chi connectivity index (χ0v) is 8.27. The van der Waals surface area contributed by atoms with Crippen molar-refractivity contribution in [3.63, 3.8) is 0 Å². The lowest BCUT2D eigenvalue weighted by Crippen LogP contribution is -2.02. The molecule has 0 radical (unpaired) electrons. The highest BCUT2D eigenvalue weighted by Crippen LogP contribution is 2.19. The van der Waals surface area contributed by atoms with Crippen LogP contribution in [0.5, 0.6) is 0 Å². The Labute approximate surface area is 79.9 Å². The van der Waals surface area contributed by atoms with Gasteiger partial charge in [0.25, 0.3) is 0 Å². The first kappa shape index (κ1) is 9.68. The number of halogens is 2. The van der Waals surface area contributed by atoms with Crippen molar-refractivity contribution in [2.24, 2.45) is 5.73 Å². The lowest BCUT2D eigenvalue weighted by molar-refractivity contribution is 0.484. The van der Waals surface area contributed by atoms with Crippen LogP contribution in [0.4, 0.5) is 4.39 Å². The minimum Gasteiger partial charge on any atom is -0.330 e. The maximum absolute atomic E-state index is 12.2. The van der Waals surface area contributed by atoms with Gasteiger partial charge in [0, 0.05) is 4.47 Å². The van der Waals surface area contributed by atoms with Gasteiger partial charge in [-0.15, -0.1) is 0 Å². The monoisotopic (exact) mass is 231 g/mol. The van der Waals surface area contributed by atoms with E-state index >= 15 is 0 Å². The zero-order valence-electron chi connectivity index (χ0n) is 6.69. The van der Waals surface area contributed by atoms with E-state index in [-0.39, 0.29) is 0 Å². The number of hydrogen-bond donors (Lipinski definition) is 1. The molecule has 2 N–H and O–H groups in total. The van der Waals surface area contributed by atoms with Crippen molar-refractivity contribution in [2.75, 3.05) is 6.54 Å². The fraction of sp³-hybridized carbons (Fsp3) is 0.333. The van der Waals surface area contributed by atoms with Crippen LogP contribution in [0.2, 0.25) is 0 Å². The third-order valence-electron chi connectivity index (χ3n) is 1.69. The van der Waals surface area contributed by atoms with Crippen LogP contribution in [0.1, 0.15) is 11.1 Å². The highest BCUT2D eigenvalue weighted by molar-refractivity contribution is 9.10. The fourth-order valence-electron chi connectivity index (χ4n) is 1.02. The molecular formula is C9H11BrFN. The Balaban J connectivity index is 2.86. The largest absolute Gasteiger partial charge is 0.330 e. The third kappa shape index (κ3) is 2.29. The van der Waals surface area contributed by atoms with E-state index in [1.165, 1.54) is 0 Å². The molecule has 1 aromatic carbocycles. The molecule has 1 rings (SSSR count). The zero-order chi connectivity index (χ0) is 8.97. The summed E-state index contributed by atoms with van der Waals surface area (Å²) in [6.07, 6.45) is 0.838. The SMILES string of the molecule is NCCc1ccc(CF)c(Br)c1. The summed E-state index contributed by atoms with van der Waals surface area (Å²) >= 11 is 3.30. The smallest absolute Gasteiger partial charge is 0.116 e. The predicted molar refractivity (Wildman–Crippen MR) is 51.7 cm³/mol. The first-order chi connectivity index (χ1) is 5.77. The van der Waals surface area contributed by atoms with Crippen LogP contribution in [0.25, 0.3) is 0 Å². The minimum absolute atomic E-state index is 0.427. The van der Waals surface area contributed by atoms with Crippen molar-refractivity contribution in [2.45, 2.75) is 13.1 Å². The van der Waals surface area contributed by atoms with Gasteiger partial charge in [-0.25, -0.2) is 4.39 Å². The van der Waals surface area contributed by atoms with Gasteiger partial charge in [-0.3, -0.25) is 0 Å². The molecule has 0 spiro atoms. The molecule has 0 amide bonds. The first-order valence-corrected chi connectivity index (χ1v) is 4.60. The van der Waals surface area contributed by atoms with Gasteiger partial charge in [0.15, 0.2) is 0 Å². The van der Waals surface area contributed by atoms with Crippen molar-refractivity contribution < 1.29 is 4.39 Å². The maximum Gasteiger partial charge on any atom is 0.116 e. The van der Waals surface area contributed by atoms with Gasteiger partial charge in [-0.05, 0) is 30.2 Å². The van der Waals surface area contributed by atoms with Gasteiger partial charge in [0.2, 0.25) is 0 Å². The number of nitrogens with two attached hydrogens (primary N) is 1. The average Bonchev–Trinajstić information content (AvgIpc) is 2.05.